The lowest BCUT2D eigenvalue weighted by molar-refractivity contribution is -0.141. The van der Waals surface area contributed by atoms with Crippen molar-refractivity contribution in [2.75, 3.05) is 27.3 Å². The molecule has 10 aromatic rings. The average Bonchev–Trinajstić information content (AvgIpc) is 2.35. The van der Waals surface area contributed by atoms with Gasteiger partial charge in [-0.15, -0.1) is 22.6 Å². The summed E-state index contributed by atoms with van der Waals surface area (Å²) in [5.41, 5.74) is 16.4. The van der Waals surface area contributed by atoms with Crippen molar-refractivity contribution in [1.29, 1.82) is 0 Å². The first-order chi connectivity index (χ1) is 40.8. The first-order valence-electron chi connectivity index (χ1n) is 29.0. The Kier molecular flexibility index (Phi) is 21.8. The van der Waals surface area contributed by atoms with Gasteiger partial charge in [-0.05, 0) is 172 Å². The summed E-state index contributed by atoms with van der Waals surface area (Å²) >= 11 is 5.36. The summed E-state index contributed by atoms with van der Waals surface area (Å²) in [5, 5.41) is 24.7. The van der Waals surface area contributed by atoms with E-state index in [9.17, 15) is 19.2 Å². The summed E-state index contributed by atoms with van der Waals surface area (Å²) in [6.45, 7) is 15.1. The fourth-order valence-electron chi connectivity index (χ4n) is 11.4. The molecule has 4 heterocycles. The van der Waals surface area contributed by atoms with Gasteiger partial charge in [0.2, 0.25) is 0 Å². The van der Waals surface area contributed by atoms with Crippen LogP contribution in [0, 0.1) is 13.8 Å². The predicted octanol–water partition coefficient (Wildman–Crippen LogP) is 14.2. The second-order valence-electron chi connectivity index (χ2n) is 20.6. The van der Waals surface area contributed by atoms with Crippen LogP contribution >= 0.6 is 24.0 Å². The minimum absolute atomic E-state index is 0. The van der Waals surface area contributed by atoms with E-state index in [2.05, 4.69) is 100 Å². The molecule has 0 bridgehead atoms. The molecule has 1 N–H and O–H groups in total. The van der Waals surface area contributed by atoms with Crippen molar-refractivity contribution >= 4 is 90.7 Å². The second kappa shape index (κ2) is 29.5. The van der Waals surface area contributed by atoms with Gasteiger partial charge in [0.05, 0.1) is 38.1 Å². The van der Waals surface area contributed by atoms with Crippen LogP contribution in [0.1, 0.15) is 137 Å². The van der Waals surface area contributed by atoms with E-state index in [1.54, 1.807) is 19.1 Å². The molecule has 2 aliphatic heterocycles. The van der Waals surface area contributed by atoms with Gasteiger partial charge in [-0.2, -0.15) is 0 Å². The number of nitrogens with zero attached hydrogens (tertiary/aromatic N) is 7. The molecule has 0 aliphatic carbocycles. The third-order valence-electron chi connectivity index (χ3n) is 15.9. The van der Waals surface area contributed by atoms with E-state index in [1.165, 1.54) is 30.9 Å². The number of carbonyl (C=O) groups is 4. The Bertz CT molecular complexity index is 4030. The number of nitrogens with one attached hydrogen (secondary N) is 1. The van der Waals surface area contributed by atoms with Crippen molar-refractivity contribution in [3.8, 4) is 0 Å². The van der Waals surface area contributed by atoms with E-state index in [0.29, 0.717) is 37.5 Å². The summed E-state index contributed by atoms with van der Waals surface area (Å²) in [5.74, 6) is -0.727. The van der Waals surface area contributed by atoms with Crippen molar-refractivity contribution in [3.63, 3.8) is 0 Å². The van der Waals surface area contributed by atoms with E-state index >= 15 is 0 Å². The molecule has 2 unspecified atom stereocenters. The number of carbonyl (C=O) groups excluding carboxylic acids is 4. The van der Waals surface area contributed by atoms with Gasteiger partial charge in [0.15, 0.2) is 0 Å². The molecule has 0 saturated heterocycles. The van der Waals surface area contributed by atoms with Crippen LogP contribution in [-0.4, -0.2) is 85.3 Å². The van der Waals surface area contributed by atoms with E-state index in [1.807, 2.05) is 101 Å². The number of esters is 2. The highest BCUT2D eigenvalue weighted by Crippen LogP contribution is 2.37. The van der Waals surface area contributed by atoms with Crippen molar-refractivity contribution in [1.82, 2.24) is 40.2 Å². The summed E-state index contributed by atoms with van der Waals surface area (Å²) in [4.78, 5) is 51.1. The van der Waals surface area contributed by atoms with Gasteiger partial charge in [0, 0.05) is 57.1 Å². The number of halogens is 2. The normalized spacial score (nSPS) is 13.1. The van der Waals surface area contributed by atoms with Crippen molar-refractivity contribution < 1.29 is 30.0 Å². The number of fused-ring (bicyclic) bond motifs is 6. The first kappa shape index (κ1) is 62.7. The van der Waals surface area contributed by atoms with Crippen molar-refractivity contribution in [3.05, 3.63) is 212 Å². The third-order valence-corrected chi connectivity index (χ3v) is 16.2. The van der Waals surface area contributed by atoms with Crippen LogP contribution in [0.4, 0.5) is 0 Å². The lowest BCUT2D eigenvalue weighted by Gasteiger charge is -2.30. The quantitative estimate of drug-likeness (QED) is 0.0915. The first-order valence-corrected chi connectivity index (χ1v) is 28.6. The van der Waals surface area contributed by atoms with Crippen LogP contribution in [0.2, 0.25) is 0 Å². The second-order valence-corrected chi connectivity index (χ2v) is 21.0. The molecule has 2 aromatic heterocycles. The van der Waals surface area contributed by atoms with E-state index < -0.39 is 5.24 Å². The molecule has 14 nitrogen and oxygen atoms in total. The highest BCUT2D eigenvalue weighted by atomic mass is 35.5. The number of rotatable bonds is 12. The molecular weight excluding hydrogens is 1110 g/mol. The van der Waals surface area contributed by atoms with Crippen LogP contribution in [0.5, 0.6) is 0 Å². The van der Waals surface area contributed by atoms with Gasteiger partial charge in [-0.3, -0.25) is 19.2 Å². The number of hydrogen-bond donors (Lipinski definition) is 1. The maximum Gasteiger partial charge on any atom is 0.306 e. The Morgan fingerprint density at radius 2 is 1.08 bits per heavy atom. The van der Waals surface area contributed by atoms with Crippen molar-refractivity contribution in [2.45, 2.75) is 113 Å². The molecule has 0 fully saturated rings. The molecule has 442 valence electrons. The van der Waals surface area contributed by atoms with Gasteiger partial charge >= 0.3 is 11.9 Å². The SMILES string of the molecule is C.CCn1nnc2c(C)c(C(CC(=O)OC)c3ccc4c(c3)CN(C(=O)c3ccc5ccccc5c3)CC4)ccc21.CCn1nnc2c(C)c(C(CC(=O)OC)c3ccc4c(c3)CNCC4)ccc21.Cl.O=C(Cl)c1ccc2ccccc2c1.[2H]CC. The number of methoxy groups -OCH3 is 2. The lowest BCUT2D eigenvalue weighted by atomic mass is 9.83. The molecule has 16 heteroatoms. The smallest absolute Gasteiger partial charge is 0.306 e. The fraction of sp³-hybridized carbons (Fsp3) is 0.304. The van der Waals surface area contributed by atoms with Crippen LogP contribution in [0.15, 0.2) is 146 Å². The molecule has 0 saturated carbocycles. The molecule has 0 spiro atoms. The minimum atomic E-state index is -0.411. The van der Waals surface area contributed by atoms with Crippen LogP contribution < -0.4 is 5.32 Å². The summed E-state index contributed by atoms with van der Waals surface area (Å²) in [6, 6.07) is 48.6. The molecule has 85 heavy (non-hydrogen) atoms. The maximum absolute atomic E-state index is 13.5. The Hall–Kier alpha value is -8.30. The Balaban J connectivity index is 0.000000199. The topological polar surface area (TPSA) is 163 Å². The summed E-state index contributed by atoms with van der Waals surface area (Å²) < 4.78 is 20.1. The standard InChI is InChI=1S/C33H32N4O3.C22H26N4O2.C11H7ClO.C2H6.CH4.ClH/c1-4-37-30-14-13-28(21(2)32(30)34-35-37)29(19-31(38)40-3)25-11-9-23-15-16-36(20-27(23)18-25)33(39)26-12-10-22-7-5-6-8-24(22)17-26;1-4-26-20-8-7-18(14(2)22(20)24-25-26)19(12-21(27)28-3)16-6-5-15-9-10-23-13-17(15)11-16;12-11(13)10-6-5-8-3-1-2-4-9(8)7-10;1-2;;/h5-14,17-18,29H,4,15-16,19-20H2,1-3H3;5-8,11,19,23H,4,9-10,12-13H2,1-3H3;1-7H;1-2H3;1H4;1H/i;;;1D;;. The largest absolute Gasteiger partial charge is 0.469 e. The lowest BCUT2D eigenvalue weighted by Crippen LogP contribution is -2.36. The molecule has 12 rings (SSSR count). The highest BCUT2D eigenvalue weighted by Gasteiger charge is 2.28. The predicted molar refractivity (Wildman–Crippen MR) is 343 cm³/mol. The average molecular weight is 1190 g/mol. The Labute approximate surface area is 510 Å². The van der Waals surface area contributed by atoms with Gasteiger partial charge in [-0.25, -0.2) is 9.36 Å². The number of aryl methyl sites for hydroxylation is 4. The van der Waals surface area contributed by atoms with Gasteiger partial charge in [0.1, 0.15) is 11.0 Å². The minimum Gasteiger partial charge on any atom is -0.469 e. The van der Waals surface area contributed by atoms with Crippen LogP contribution in [0.3, 0.4) is 0 Å². The highest BCUT2D eigenvalue weighted by molar-refractivity contribution is 6.67. The van der Waals surface area contributed by atoms with Crippen LogP contribution in [0.25, 0.3) is 43.6 Å². The monoisotopic (exact) mass is 1180 g/mol. The van der Waals surface area contributed by atoms with E-state index in [4.69, 9.17) is 22.4 Å². The van der Waals surface area contributed by atoms with Crippen molar-refractivity contribution in [2.24, 2.45) is 0 Å². The molecule has 0 radical (unpaired) electrons. The molecular formula is C69H76Cl2N8O6. The zero-order valence-corrected chi connectivity index (χ0v) is 50.2. The Morgan fingerprint density at radius 3 is 1.58 bits per heavy atom. The van der Waals surface area contributed by atoms with E-state index in [0.717, 1.165) is 122 Å². The van der Waals surface area contributed by atoms with Gasteiger partial charge in [0.25, 0.3) is 11.1 Å². The molecule has 2 aliphatic rings. The zero-order valence-electron chi connectivity index (χ0n) is 49.7. The third kappa shape index (κ3) is 14.3. The van der Waals surface area contributed by atoms with Crippen LogP contribution in [-0.2, 0) is 58.1 Å². The summed E-state index contributed by atoms with van der Waals surface area (Å²) in [7, 11) is 2.87. The fourth-order valence-corrected chi connectivity index (χ4v) is 11.5. The number of amides is 1. The zero-order chi connectivity index (χ0) is 59.4. The molecule has 1 amide bonds. The van der Waals surface area contributed by atoms with Gasteiger partial charge in [-0.1, -0.05) is 141 Å². The Morgan fingerprint density at radius 1 is 0.612 bits per heavy atom. The summed E-state index contributed by atoms with van der Waals surface area (Å²) in [6.07, 6.45) is 2.35. The molecule has 2 atom stereocenters. The maximum atomic E-state index is 13.5. The number of benzene rings is 8. The molecule has 8 aromatic carbocycles. The van der Waals surface area contributed by atoms with E-state index in [-0.39, 0.29) is 55.9 Å². The van der Waals surface area contributed by atoms with Gasteiger partial charge < -0.3 is 19.7 Å². The number of aromatic nitrogens is 6. The number of hydrogen-bond acceptors (Lipinski definition) is 11. The number of ether oxygens (including phenoxy) is 2.